The number of aliphatic carboxylic acids is 1. The zero-order valence-corrected chi connectivity index (χ0v) is 7.88. The molecule has 0 fully saturated rings. The molecule has 3 N–H and O–H groups in total. The normalized spacial score (nSPS) is 14.7. The highest BCUT2D eigenvalue weighted by atomic mass is 16.5. The monoisotopic (exact) mass is 195 g/mol. The fourth-order valence-electron chi connectivity index (χ4n) is 1.27. The number of benzene rings is 1. The van der Waals surface area contributed by atoms with Crippen molar-refractivity contribution in [3.63, 3.8) is 0 Å². The minimum Gasteiger partial charge on any atom is -0.481 e. The Morgan fingerprint density at radius 1 is 1.43 bits per heavy atom. The first kappa shape index (κ1) is 10.7. The van der Waals surface area contributed by atoms with Crippen LogP contribution in [0.15, 0.2) is 30.3 Å². The Morgan fingerprint density at radius 3 is 2.43 bits per heavy atom. The van der Waals surface area contributed by atoms with Gasteiger partial charge < -0.3 is 15.6 Å². The molecule has 0 aromatic heterocycles. The van der Waals surface area contributed by atoms with Gasteiger partial charge in [0.05, 0.1) is 0 Å². The molecule has 0 spiro atoms. The van der Waals surface area contributed by atoms with E-state index in [9.17, 15) is 4.79 Å². The highest BCUT2D eigenvalue weighted by Crippen LogP contribution is 2.18. The third-order valence-corrected chi connectivity index (χ3v) is 2.03. The second-order valence-electron chi connectivity index (χ2n) is 2.93. The molecule has 1 aromatic carbocycles. The Labute approximate surface area is 82.3 Å². The molecule has 4 heteroatoms. The van der Waals surface area contributed by atoms with Crippen LogP contribution in [-0.4, -0.2) is 24.4 Å². The summed E-state index contributed by atoms with van der Waals surface area (Å²) in [5.74, 6) is -1.80. The number of carboxylic acid groups (broad SMARTS) is 1. The van der Waals surface area contributed by atoms with Crippen molar-refractivity contribution in [2.75, 3.05) is 7.11 Å². The van der Waals surface area contributed by atoms with Crippen molar-refractivity contribution in [3.05, 3.63) is 35.9 Å². The Hall–Kier alpha value is -1.39. The van der Waals surface area contributed by atoms with Crippen LogP contribution in [0.4, 0.5) is 0 Å². The van der Waals surface area contributed by atoms with E-state index >= 15 is 0 Å². The number of hydrogen-bond donors (Lipinski definition) is 2. The fourth-order valence-corrected chi connectivity index (χ4v) is 1.27. The predicted molar refractivity (Wildman–Crippen MR) is 51.8 cm³/mol. The van der Waals surface area contributed by atoms with Crippen LogP contribution in [-0.2, 0) is 9.53 Å². The highest BCUT2D eigenvalue weighted by molar-refractivity contribution is 5.76. The van der Waals surface area contributed by atoms with E-state index in [1.807, 2.05) is 6.07 Å². The van der Waals surface area contributed by atoms with E-state index in [1.54, 1.807) is 24.3 Å². The summed E-state index contributed by atoms with van der Waals surface area (Å²) in [7, 11) is 1.39. The summed E-state index contributed by atoms with van der Waals surface area (Å²) >= 11 is 0. The number of carbonyl (C=O) groups is 1. The lowest BCUT2D eigenvalue weighted by Gasteiger charge is -2.18. The van der Waals surface area contributed by atoms with Crippen molar-refractivity contribution < 1.29 is 14.6 Å². The van der Waals surface area contributed by atoms with Crippen LogP contribution >= 0.6 is 0 Å². The third-order valence-electron chi connectivity index (χ3n) is 2.03. The van der Waals surface area contributed by atoms with E-state index in [2.05, 4.69) is 0 Å². The van der Waals surface area contributed by atoms with E-state index in [1.165, 1.54) is 7.11 Å². The zero-order chi connectivity index (χ0) is 10.6. The van der Waals surface area contributed by atoms with Crippen LogP contribution in [0.3, 0.4) is 0 Å². The molecule has 2 atom stereocenters. The summed E-state index contributed by atoms with van der Waals surface area (Å²) in [5, 5.41) is 8.97. The second-order valence-corrected chi connectivity index (χ2v) is 2.93. The van der Waals surface area contributed by atoms with Crippen LogP contribution in [0.25, 0.3) is 0 Å². The van der Waals surface area contributed by atoms with Gasteiger partial charge in [-0.15, -0.1) is 0 Å². The lowest BCUT2D eigenvalue weighted by Crippen LogP contribution is -2.35. The summed E-state index contributed by atoms with van der Waals surface area (Å²) in [6, 6.07) is 8.80. The number of methoxy groups -OCH3 is 1. The summed E-state index contributed by atoms with van der Waals surface area (Å²) in [6.07, 6.45) is -0.824. The first-order chi connectivity index (χ1) is 6.66. The van der Waals surface area contributed by atoms with Crippen LogP contribution in [0, 0.1) is 0 Å². The van der Waals surface area contributed by atoms with Crippen molar-refractivity contribution in [2.45, 2.75) is 12.1 Å². The predicted octanol–water partition coefficient (Wildman–Crippen LogP) is 0.786. The Kier molecular flexibility index (Phi) is 3.62. The van der Waals surface area contributed by atoms with Gasteiger partial charge in [0, 0.05) is 7.11 Å². The largest absolute Gasteiger partial charge is 0.481 e. The quantitative estimate of drug-likeness (QED) is 0.696. The van der Waals surface area contributed by atoms with Gasteiger partial charge in [-0.2, -0.15) is 0 Å². The molecule has 0 bridgehead atoms. The van der Waals surface area contributed by atoms with E-state index in [0.29, 0.717) is 5.56 Å². The molecule has 0 aliphatic heterocycles. The molecule has 76 valence electrons. The zero-order valence-electron chi connectivity index (χ0n) is 7.88. The standard InChI is InChI=1S/C10H13NO3/c1-14-9(11)8(10(12)13)7-5-3-2-4-6-7/h2-6,8-9H,11H2,1H3,(H,12,13). The maximum atomic E-state index is 10.9. The summed E-state index contributed by atoms with van der Waals surface area (Å²) in [4.78, 5) is 10.9. The lowest BCUT2D eigenvalue weighted by atomic mass is 9.98. The number of nitrogens with two attached hydrogens (primary N) is 1. The van der Waals surface area contributed by atoms with Gasteiger partial charge in [0.15, 0.2) is 0 Å². The number of carboxylic acids is 1. The Bertz CT molecular complexity index is 299. The number of rotatable bonds is 4. The van der Waals surface area contributed by atoms with Crippen molar-refractivity contribution in [1.29, 1.82) is 0 Å². The first-order valence-corrected chi connectivity index (χ1v) is 4.23. The minimum atomic E-state index is -0.981. The van der Waals surface area contributed by atoms with E-state index in [0.717, 1.165) is 0 Å². The summed E-state index contributed by atoms with van der Waals surface area (Å²) < 4.78 is 4.82. The fraction of sp³-hybridized carbons (Fsp3) is 0.300. The smallest absolute Gasteiger partial charge is 0.315 e. The molecule has 0 aliphatic carbocycles. The minimum absolute atomic E-state index is 0.648. The molecule has 1 rings (SSSR count). The number of hydrogen-bond acceptors (Lipinski definition) is 3. The van der Waals surface area contributed by atoms with Crippen LogP contribution < -0.4 is 5.73 Å². The topological polar surface area (TPSA) is 72.5 Å². The van der Waals surface area contributed by atoms with Gasteiger partial charge in [0.1, 0.15) is 12.1 Å². The Morgan fingerprint density at radius 2 is 2.00 bits per heavy atom. The Balaban J connectivity index is 2.95. The average Bonchev–Trinajstić information content (AvgIpc) is 2.19. The maximum absolute atomic E-state index is 10.9. The van der Waals surface area contributed by atoms with Gasteiger partial charge >= 0.3 is 5.97 Å². The lowest BCUT2D eigenvalue weighted by molar-refractivity contribution is -0.142. The van der Waals surface area contributed by atoms with Crippen molar-refractivity contribution in [3.8, 4) is 0 Å². The molecule has 4 nitrogen and oxygen atoms in total. The molecule has 0 saturated carbocycles. The van der Waals surface area contributed by atoms with Crippen molar-refractivity contribution in [1.82, 2.24) is 0 Å². The SMILES string of the molecule is COC(N)C(C(=O)O)c1ccccc1. The summed E-state index contributed by atoms with van der Waals surface area (Å²) in [6.45, 7) is 0. The van der Waals surface area contributed by atoms with Crippen molar-refractivity contribution in [2.24, 2.45) is 5.73 Å². The molecule has 0 aliphatic rings. The molecule has 0 amide bonds. The first-order valence-electron chi connectivity index (χ1n) is 4.23. The second kappa shape index (κ2) is 4.74. The van der Waals surface area contributed by atoms with Gasteiger partial charge in [-0.1, -0.05) is 30.3 Å². The van der Waals surface area contributed by atoms with Gasteiger partial charge in [0.25, 0.3) is 0 Å². The molecular formula is C10H13NO3. The van der Waals surface area contributed by atoms with E-state index in [-0.39, 0.29) is 0 Å². The molecule has 2 unspecified atom stereocenters. The van der Waals surface area contributed by atoms with E-state index < -0.39 is 18.1 Å². The molecular weight excluding hydrogens is 182 g/mol. The van der Waals surface area contributed by atoms with Crippen LogP contribution in [0.1, 0.15) is 11.5 Å². The molecule has 0 heterocycles. The number of ether oxygens (including phenoxy) is 1. The third kappa shape index (κ3) is 2.31. The van der Waals surface area contributed by atoms with E-state index in [4.69, 9.17) is 15.6 Å². The van der Waals surface area contributed by atoms with Crippen LogP contribution in [0.5, 0.6) is 0 Å². The summed E-state index contributed by atoms with van der Waals surface area (Å²) in [5.41, 5.74) is 6.19. The van der Waals surface area contributed by atoms with Gasteiger partial charge in [0.2, 0.25) is 0 Å². The molecule has 0 radical (unpaired) electrons. The highest BCUT2D eigenvalue weighted by Gasteiger charge is 2.26. The molecule has 1 aromatic rings. The van der Waals surface area contributed by atoms with Crippen molar-refractivity contribution >= 4 is 5.97 Å². The van der Waals surface area contributed by atoms with Gasteiger partial charge in [-0.3, -0.25) is 4.79 Å². The van der Waals surface area contributed by atoms with Gasteiger partial charge in [-0.05, 0) is 5.56 Å². The average molecular weight is 195 g/mol. The molecule has 0 saturated heterocycles. The maximum Gasteiger partial charge on any atom is 0.315 e. The van der Waals surface area contributed by atoms with Gasteiger partial charge in [-0.25, -0.2) is 0 Å². The molecule has 14 heavy (non-hydrogen) atoms. The van der Waals surface area contributed by atoms with Crippen LogP contribution in [0.2, 0.25) is 0 Å².